The number of nitrogens with two attached hydrogens (primary N) is 1. The van der Waals surface area contributed by atoms with Crippen LogP contribution in [0.15, 0.2) is 40.9 Å². The molecule has 1 heterocycles. The number of fused-ring (bicyclic) bond motifs is 1. The van der Waals surface area contributed by atoms with Gasteiger partial charge in [0, 0.05) is 10.5 Å². The van der Waals surface area contributed by atoms with Crippen molar-refractivity contribution in [3.8, 4) is 11.4 Å². The van der Waals surface area contributed by atoms with E-state index < -0.39 is 0 Å². The van der Waals surface area contributed by atoms with Crippen LogP contribution in [-0.4, -0.2) is 16.7 Å². The summed E-state index contributed by atoms with van der Waals surface area (Å²) in [7, 11) is 1.64. The maximum absolute atomic E-state index is 6.09. The van der Waals surface area contributed by atoms with Gasteiger partial charge in [0.2, 0.25) is 5.95 Å². The fourth-order valence-corrected chi connectivity index (χ4v) is 2.68. The Kier molecular flexibility index (Phi) is 3.14. The largest absolute Gasteiger partial charge is 0.497 e. The zero-order valence-electron chi connectivity index (χ0n) is 11.2. The summed E-state index contributed by atoms with van der Waals surface area (Å²) in [5.74, 6) is 1.23. The van der Waals surface area contributed by atoms with E-state index in [-0.39, 0.29) is 0 Å². The van der Waals surface area contributed by atoms with Gasteiger partial charge in [-0.2, -0.15) is 0 Å². The van der Waals surface area contributed by atoms with Gasteiger partial charge >= 0.3 is 0 Å². The van der Waals surface area contributed by atoms with Crippen molar-refractivity contribution < 1.29 is 4.74 Å². The number of ether oxygens (including phenoxy) is 1. The van der Waals surface area contributed by atoms with Crippen molar-refractivity contribution >= 4 is 32.9 Å². The number of aromatic nitrogens is 2. The van der Waals surface area contributed by atoms with Crippen molar-refractivity contribution in [2.45, 2.75) is 6.92 Å². The minimum atomic E-state index is 0.458. The lowest BCUT2D eigenvalue weighted by Crippen LogP contribution is -2.01. The van der Waals surface area contributed by atoms with E-state index in [1.54, 1.807) is 7.11 Å². The number of anilines is 1. The number of nitrogen functional groups attached to an aromatic ring is 1. The maximum Gasteiger partial charge on any atom is 0.205 e. The van der Waals surface area contributed by atoms with E-state index in [2.05, 4.69) is 20.9 Å². The van der Waals surface area contributed by atoms with Gasteiger partial charge in [-0.05, 0) is 52.7 Å². The van der Waals surface area contributed by atoms with E-state index in [9.17, 15) is 0 Å². The van der Waals surface area contributed by atoms with Gasteiger partial charge in [0.15, 0.2) is 0 Å². The monoisotopic (exact) mass is 331 g/mol. The molecule has 0 unspecified atom stereocenters. The lowest BCUT2D eigenvalue weighted by atomic mass is 10.2. The topological polar surface area (TPSA) is 53.1 Å². The van der Waals surface area contributed by atoms with Gasteiger partial charge in [0.1, 0.15) is 5.75 Å². The molecule has 3 rings (SSSR count). The van der Waals surface area contributed by atoms with Crippen LogP contribution >= 0.6 is 15.9 Å². The smallest absolute Gasteiger partial charge is 0.205 e. The van der Waals surface area contributed by atoms with Gasteiger partial charge in [-0.25, -0.2) is 4.98 Å². The van der Waals surface area contributed by atoms with Crippen LogP contribution < -0.4 is 10.5 Å². The summed E-state index contributed by atoms with van der Waals surface area (Å²) in [5.41, 5.74) is 10.0. The highest BCUT2D eigenvalue weighted by Crippen LogP contribution is 2.31. The minimum Gasteiger partial charge on any atom is -0.497 e. The predicted octanol–water partition coefficient (Wildman–Crippen LogP) is 3.69. The van der Waals surface area contributed by atoms with Gasteiger partial charge in [0.05, 0.1) is 23.8 Å². The molecular formula is C15H14BrN3O. The molecule has 0 radical (unpaired) electrons. The third kappa shape index (κ3) is 2.04. The molecule has 0 aliphatic heterocycles. The first kappa shape index (κ1) is 13.0. The SMILES string of the molecule is COc1ccc(Br)c(-n2c(N)nc3cc(C)ccc32)c1. The highest BCUT2D eigenvalue weighted by atomic mass is 79.9. The first-order chi connectivity index (χ1) is 9.60. The van der Waals surface area contributed by atoms with Crippen LogP contribution in [0, 0.1) is 6.92 Å². The molecule has 0 amide bonds. The molecule has 20 heavy (non-hydrogen) atoms. The number of imidazole rings is 1. The average molecular weight is 332 g/mol. The third-order valence-corrected chi connectivity index (χ3v) is 3.90. The first-order valence-corrected chi connectivity index (χ1v) is 6.98. The second-order valence-electron chi connectivity index (χ2n) is 4.61. The molecule has 0 atom stereocenters. The van der Waals surface area contributed by atoms with E-state index in [0.29, 0.717) is 5.95 Å². The van der Waals surface area contributed by atoms with E-state index in [0.717, 1.165) is 32.5 Å². The molecule has 2 aromatic carbocycles. The average Bonchev–Trinajstić information content (AvgIpc) is 2.74. The molecule has 0 saturated carbocycles. The molecule has 4 nitrogen and oxygen atoms in total. The standard InChI is InChI=1S/C15H14BrN3O/c1-9-3-6-13-12(7-9)18-15(17)19(13)14-8-10(20-2)4-5-11(14)16/h3-8H,1-2H3,(H2,17,18). The van der Waals surface area contributed by atoms with Crippen molar-refractivity contribution in [1.29, 1.82) is 0 Å². The predicted molar refractivity (Wildman–Crippen MR) is 84.5 cm³/mol. The molecule has 2 N–H and O–H groups in total. The third-order valence-electron chi connectivity index (χ3n) is 3.23. The Balaban J connectivity index is 2.31. The molecule has 0 saturated heterocycles. The lowest BCUT2D eigenvalue weighted by Gasteiger charge is -2.11. The normalized spacial score (nSPS) is 10.9. The molecule has 0 fully saturated rings. The van der Waals surface area contributed by atoms with E-state index in [4.69, 9.17) is 10.5 Å². The highest BCUT2D eigenvalue weighted by Gasteiger charge is 2.13. The number of aryl methyl sites for hydroxylation is 1. The van der Waals surface area contributed by atoms with Crippen molar-refractivity contribution in [2.24, 2.45) is 0 Å². The van der Waals surface area contributed by atoms with Gasteiger partial charge in [-0.3, -0.25) is 4.57 Å². The number of rotatable bonds is 2. The molecule has 0 aliphatic carbocycles. The van der Waals surface area contributed by atoms with E-state index in [1.807, 2.05) is 47.9 Å². The summed E-state index contributed by atoms with van der Waals surface area (Å²) in [4.78, 5) is 4.43. The molecule has 0 aliphatic rings. The van der Waals surface area contributed by atoms with Crippen LogP contribution in [-0.2, 0) is 0 Å². The highest BCUT2D eigenvalue weighted by molar-refractivity contribution is 9.10. The van der Waals surface area contributed by atoms with E-state index in [1.165, 1.54) is 0 Å². The fraction of sp³-hybridized carbons (Fsp3) is 0.133. The molecule has 5 heteroatoms. The first-order valence-electron chi connectivity index (χ1n) is 6.18. The Hall–Kier alpha value is -2.01. The molecule has 1 aromatic heterocycles. The molecule has 3 aromatic rings. The Bertz CT molecular complexity index is 795. The lowest BCUT2D eigenvalue weighted by molar-refractivity contribution is 0.414. The van der Waals surface area contributed by atoms with Crippen LogP contribution in [0.3, 0.4) is 0 Å². The summed E-state index contributed by atoms with van der Waals surface area (Å²) in [6.45, 7) is 2.04. The maximum atomic E-state index is 6.09. The van der Waals surface area contributed by atoms with Crippen molar-refractivity contribution in [2.75, 3.05) is 12.8 Å². The summed E-state index contributed by atoms with van der Waals surface area (Å²) >= 11 is 3.56. The summed E-state index contributed by atoms with van der Waals surface area (Å²) in [5, 5.41) is 0. The minimum absolute atomic E-state index is 0.458. The summed E-state index contributed by atoms with van der Waals surface area (Å²) in [6.07, 6.45) is 0. The van der Waals surface area contributed by atoms with E-state index >= 15 is 0 Å². The Morgan fingerprint density at radius 3 is 2.75 bits per heavy atom. The van der Waals surface area contributed by atoms with Crippen LogP contribution in [0.1, 0.15) is 5.56 Å². The molecule has 0 spiro atoms. The van der Waals surface area contributed by atoms with Crippen LogP contribution in [0.25, 0.3) is 16.7 Å². The number of hydrogen-bond donors (Lipinski definition) is 1. The Morgan fingerprint density at radius 1 is 1.20 bits per heavy atom. The van der Waals surface area contributed by atoms with Gasteiger partial charge in [0.25, 0.3) is 0 Å². The molecular weight excluding hydrogens is 318 g/mol. The van der Waals surface area contributed by atoms with Crippen LogP contribution in [0.2, 0.25) is 0 Å². The number of hydrogen-bond acceptors (Lipinski definition) is 3. The number of benzene rings is 2. The van der Waals surface area contributed by atoms with Crippen LogP contribution in [0.5, 0.6) is 5.75 Å². The number of nitrogens with zero attached hydrogens (tertiary/aromatic N) is 2. The van der Waals surface area contributed by atoms with Gasteiger partial charge < -0.3 is 10.5 Å². The van der Waals surface area contributed by atoms with Gasteiger partial charge in [-0.1, -0.05) is 6.07 Å². The number of halogens is 1. The quantitative estimate of drug-likeness (QED) is 0.779. The molecule has 0 bridgehead atoms. The summed E-state index contributed by atoms with van der Waals surface area (Å²) in [6, 6.07) is 11.9. The zero-order chi connectivity index (χ0) is 14.3. The zero-order valence-corrected chi connectivity index (χ0v) is 12.8. The van der Waals surface area contributed by atoms with Gasteiger partial charge in [-0.15, -0.1) is 0 Å². The Labute approximate surface area is 125 Å². The summed E-state index contributed by atoms with van der Waals surface area (Å²) < 4.78 is 8.14. The van der Waals surface area contributed by atoms with Crippen molar-refractivity contribution in [3.05, 3.63) is 46.4 Å². The number of methoxy groups -OCH3 is 1. The second-order valence-corrected chi connectivity index (χ2v) is 5.47. The Morgan fingerprint density at radius 2 is 2.00 bits per heavy atom. The second kappa shape index (κ2) is 4.83. The van der Waals surface area contributed by atoms with Crippen LogP contribution in [0.4, 0.5) is 5.95 Å². The van der Waals surface area contributed by atoms with Crippen molar-refractivity contribution in [3.63, 3.8) is 0 Å². The van der Waals surface area contributed by atoms with Crippen molar-refractivity contribution in [1.82, 2.24) is 9.55 Å². The molecule has 102 valence electrons. The fourth-order valence-electron chi connectivity index (χ4n) is 2.25.